The normalized spacial score (nSPS) is 25.3. The number of rotatable bonds is 6. The van der Waals surface area contributed by atoms with Gasteiger partial charge in [-0.1, -0.05) is 32.4 Å². The van der Waals surface area contributed by atoms with Crippen molar-refractivity contribution in [2.24, 2.45) is 5.41 Å². The van der Waals surface area contributed by atoms with E-state index in [9.17, 15) is 14.3 Å². The number of halogens is 1. The van der Waals surface area contributed by atoms with Gasteiger partial charge in [-0.2, -0.15) is 9.97 Å². The standard InChI is InChI=1S/C38H42FN5O4/c1-5-27-29(39)10-9-23-15-26(45)17-28(33(23)27)24-16-30-34(47-21-24)35(41-36(40-30)48-22-38-11-7-13-43(38)14-8-12-38)42-19-25-18-37(3,4)31(20-42)44(25)32(46)6-2/h1,6,9-10,15,17,24-25,31,45H,2,7-8,11-14,16,18-22H2,3-4H3/t24-,25-,31-/m0/s1. The van der Waals surface area contributed by atoms with Crippen molar-refractivity contribution in [1.82, 2.24) is 19.8 Å². The van der Waals surface area contributed by atoms with Crippen molar-refractivity contribution in [2.75, 3.05) is 44.3 Å². The molecule has 0 aliphatic carbocycles. The van der Waals surface area contributed by atoms with E-state index in [1.165, 1.54) is 25.0 Å². The molecule has 48 heavy (non-hydrogen) atoms. The molecule has 5 aliphatic rings. The summed E-state index contributed by atoms with van der Waals surface area (Å²) < 4.78 is 28.0. The number of phenolic OH excluding ortho intramolecular Hbond substituents is 1. The first kappa shape index (κ1) is 30.9. The van der Waals surface area contributed by atoms with Gasteiger partial charge in [0.15, 0.2) is 11.6 Å². The Morgan fingerprint density at radius 3 is 2.75 bits per heavy atom. The minimum Gasteiger partial charge on any atom is -0.508 e. The third-order valence-electron chi connectivity index (χ3n) is 11.7. The zero-order valence-corrected chi connectivity index (χ0v) is 27.7. The summed E-state index contributed by atoms with van der Waals surface area (Å²) in [4.78, 5) is 29.7. The van der Waals surface area contributed by atoms with E-state index in [-0.39, 0.29) is 52.8 Å². The predicted molar refractivity (Wildman–Crippen MR) is 181 cm³/mol. The smallest absolute Gasteiger partial charge is 0.318 e. The highest BCUT2D eigenvalue weighted by Gasteiger charge is 2.53. The molecule has 0 radical (unpaired) electrons. The van der Waals surface area contributed by atoms with Gasteiger partial charge in [-0.3, -0.25) is 9.69 Å². The maximum Gasteiger partial charge on any atom is 0.318 e. The number of fused-ring (bicyclic) bond motifs is 5. The van der Waals surface area contributed by atoms with Crippen molar-refractivity contribution in [1.29, 1.82) is 0 Å². The van der Waals surface area contributed by atoms with E-state index in [1.54, 1.807) is 18.2 Å². The second kappa shape index (κ2) is 11.4. The Hall–Kier alpha value is -4.36. The molecule has 8 rings (SSSR count). The molecule has 6 heterocycles. The molecule has 250 valence electrons. The predicted octanol–water partition coefficient (Wildman–Crippen LogP) is 5.18. The van der Waals surface area contributed by atoms with Crippen LogP contribution in [0.3, 0.4) is 0 Å². The van der Waals surface area contributed by atoms with E-state index >= 15 is 0 Å². The average molecular weight is 652 g/mol. The molecule has 3 aromatic rings. The van der Waals surface area contributed by atoms with Gasteiger partial charge in [-0.15, -0.1) is 6.42 Å². The van der Waals surface area contributed by atoms with Crippen LogP contribution in [0.1, 0.15) is 68.7 Å². The molecular weight excluding hydrogens is 609 g/mol. The highest BCUT2D eigenvalue weighted by molar-refractivity contribution is 5.93. The fourth-order valence-corrected chi connectivity index (χ4v) is 9.39. The number of ether oxygens (including phenoxy) is 2. The molecule has 2 bridgehead atoms. The molecule has 4 fully saturated rings. The summed E-state index contributed by atoms with van der Waals surface area (Å²) in [6.07, 6.45) is 13.1. The van der Waals surface area contributed by atoms with Crippen LogP contribution in [0.5, 0.6) is 17.5 Å². The van der Waals surface area contributed by atoms with E-state index in [0.717, 1.165) is 32.4 Å². The molecule has 2 aromatic carbocycles. The summed E-state index contributed by atoms with van der Waals surface area (Å²) >= 11 is 0. The van der Waals surface area contributed by atoms with Gasteiger partial charge in [0.05, 0.1) is 35.5 Å². The lowest BCUT2D eigenvalue weighted by atomic mass is 9.84. The Labute approximate surface area is 280 Å². The fourth-order valence-electron chi connectivity index (χ4n) is 9.39. The van der Waals surface area contributed by atoms with Gasteiger partial charge in [0.25, 0.3) is 0 Å². The molecule has 3 atom stereocenters. The van der Waals surface area contributed by atoms with Crippen LogP contribution in [0.15, 0.2) is 36.9 Å². The number of piperazine rings is 1. The second-order valence-corrected chi connectivity index (χ2v) is 14.9. The van der Waals surface area contributed by atoms with Crippen LogP contribution in [-0.4, -0.2) is 87.8 Å². The molecule has 0 saturated carbocycles. The number of aromatic nitrogens is 2. The minimum atomic E-state index is -0.478. The number of terminal acetylenes is 1. The molecule has 9 nitrogen and oxygen atoms in total. The Morgan fingerprint density at radius 1 is 1.23 bits per heavy atom. The molecule has 0 spiro atoms. The van der Waals surface area contributed by atoms with E-state index in [4.69, 9.17) is 25.9 Å². The molecule has 10 heteroatoms. The van der Waals surface area contributed by atoms with Crippen molar-refractivity contribution < 1.29 is 23.8 Å². The number of nitrogens with zero attached hydrogens (tertiary/aromatic N) is 5. The van der Waals surface area contributed by atoms with Crippen molar-refractivity contribution in [3.05, 3.63) is 59.6 Å². The number of hydrogen-bond donors (Lipinski definition) is 1. The zero-order valence-electron chi connectivity index (χ0n) is 27.7. The summed E-state index contributed by atoms with van der Waals surface area (Å²) in [7, 11) is 0. The molecule has 4 saturated heterocycles. The molecule has 5 aliphatic heterocycles. The Bertz CT molecular complexity index is 1860. The van der Waals surface area contributed by atoms with Crippen LogP contribution in [0, 0.1) is 23.6 Å². The monoisotopic (exact) mass is 651 g/mol. The van der Waals surface area contributed by atoms with Crippen LogP contribution in [0.2, 0.25) is 0 Å². The number of carbonyl (C=O) groups excluding carboxylic acids is 1. The average Bonchev–Trinajstić information content (AvgIpc) is 3.70. The highest BCUT2D eigenvalue weighted by atomic mass is 19.1. The second-order valence-electron chi connectivity index (χ2n) is 14.9. The number of carbonyl (C=O) groups is 1. The van der Waals surface area contributed by atoms with Gasteiger partial charge in [0.1, 0.15) is 18.2 Å². The molecule has 1 aromatic heterocycles. The maximum absolute atomic E-state index is 14.9. The third-order valence-corrected chi connectivity index (χ3v) is 11.7. The molecular formula is C38H42FN5O4. The van der Waals surface area contributed by atoms with Crippen molar-refractivity contribution in [3.63, 3.8) is 0 Å². The van der Waals surface area contributed by atoms with Crippen LogP contribution < -0.4 is 14.4 Å². The van der Waals surface area contributed by atoms with Crippen molar-refractivity contribution in [3.8, 4) is 29.9 Å². The van der Waals surface area contributed by atoms with E-state index in [1.807, 2.05) is 4.90 Å². The molecule has 1 amide bonds. The first-order chi connectivity index (χ1) is 23.1. The van der Waals surface area contributed by atoms with Crippen LogP contribution in [0.4, 0.5) is 10.2 Å². The van der Waals surface area contributed by atoms with E-state index < -0.39 is 5.82 Å². The largest absolute Gasteiger partial charge is 0.508 e. The lowest BCUT2D eigenvalue weighted by molar-refractivity contribution is -0.130. The first-order valence-electron chi connectivity index (χ1n) is 17.1. The molecule has 1 N–H and O–H groups in total. The Balaban J connectivity index is 1.18. The number of amides is 1. The number of phenols is 1. The lowest BCUT2D eigenvalue weighted by Crippen LogP contribution is -2.57. The summed E-state index contributed by atoms with van der Waals surface area (Å²) in [5.41, 5.74) is 1.53. The van der Waals surface area contributed by atoms with Gasteiger partial charge in [0, 0.05) is 30.8 Å². The van der Waals surface area contributed by atoms with Gasteiger partial charge >= 0.3 is 6.01 Å². The SMILES string of the molecule is C#Cc1c(F)ccc2cc(O)cc([C@@H]3COc4c(nc(OCC56CCCN5CCC6)nc4N4C[C@@H]5CC(C)(C)[C@H](C4)N5C(=O)C=C)C3)c12. The summed E-state index contributed by atoms with van der Waals surface area (Å²) in [6, 6.07) is 6.54. The topological polar surface area (TPSA) is 91.3 Å². The highest BCUT2D eigenvalue weighted by Crippen LogP contribution is 2.48. The lowest BCUT2D eigenvalue weighted by Gasteiger charge is -2.43. The number of hydrogen-bond acceptors (Lipinski definition) is 8. The van der Waals surface area contributed by atoms with E-state index in [0.29, 0.717) is 65.7 Å². The number of benzene rings is 2. The minimum absolute atomic E-state index is 0.00994. The van der Waals surface area contributed by atoms with Gasteiger partial charge < -0.3 is 24.4 Å². The van der Waals surface area contributed by atoms with Gasteiger partial charge in [-0.05, 0) is 85.8 Å². The van der Waals surface area contributed by atoms with Crippen LogP contribution >= 0.6 is 0 Å². The summed E-state index contributed by atoms with van der Waals surface area (Å²) in [5.74, 6) is 3.11. The van der Waals surface area contributed by atoms with Crippen LogP contribution in [-0.2, 0) is 11.2 Å². The van der Waals surface area contributed by atoms with E-state index in [2.05, 4.69) is 36.1 Å². The Kier molecular flexibility index (Phi) is 7.33. The third kappa shape index (κ3) is 4.89. The van der Waals surface area contributed by atoms with Gasteiger partial charge in [0.2, 0.25) is 5.91 Å². The maximum atomic E-state index is 14.9. The first-order valence-corrected chi connectivity index (χ1v) is 17.1. The number of anilines is 1. The van der Waals surface area contributed by atoms with Crippen molar-refractivity contribution >= 4 is 22.5 Å². The summed E-state index contributed by atoms with van der Waals surface area (Å²) in [6.45, 7) is 12.4. The van der Waals surface area contributed by atoms with Crippen LogP contribution in [0.25, 0.3) is 10.8 Å². The Morgan fingerprint density at radius 2 is 2.02 bits per heavy atom. The van der Waals surface area contributed by atoms with Crippen molar-refractivity contribution in [2.45, 2.75) is 75.9 Å². The number of aromatic hydroxyl groups is 1. The summed E-state index contributed by atoms with van der Waals surface area (Å²) in [5, 5.41) is 11.9. The molecule has 0 unspecified atom stereocenters. The van der Waals surface area contributed by atoms with Gasteiger partial charge in [-0.25, -0.2) is 4.39 Å². The quantitative estimate of drug-likeness (QED) is 0.288. The fraction of sp³-hybridized carbons (Fsp3) is 0.500. The zero-order chi connectivity index (χ0) is 33.4.